The van der Waals surface area contributed by atoms with Crippen molar-refractivity contribution in [3.8, 4) is 0 Å². The minimum Gasteiger partial charge on any atom is -0.480 e. The van der Waals surface area contributed by atoms with Crippen LogP contribution in [0.4, 0.5) is 0 Å². The first kappa shape index (κ1) is 11.6. The Morgan fingerprint density at radius 1 is 1.62 bits per heavy atom. The summed E-state index contributed by atoms with van der Waals surface area (Å²) in [7, 11) is 3.47. The third kappa shape index (κ3) is 5.86. The number of hydrogen-bond donors (Lipinski definition) is 2. The molecule has 1 unspecified atom stereocenters. The quantitative estimate of drug-likeness (QED) is 0.701. The number of aliphatic carboxylic acids is 1. The van der Waals surface area contributed by atoms with E-state index in [1.54, 1.807) is 44.6 Å². The van der Waals surface area contributed by atoms with Crippen LogP contribution in [0, 0.1) is 0 Å². The summed E-state index contributed by atoms with van der Waals surface area (Å²) >= 11 is 0. The number of carboxylic acid groups (broad SMARTS) is 1. The standard InChI is InChI=1S/C5H11NO2.C3H4N2/c1-4(5(7)8)6(2)3;1-2-5-3-4-1/h4H,1-3H3,(H,7,8);1-3H,(H,4,5). The molecular formula is C8H15N3O2. The summed E-state index contributed by atoms with van der Waals surface area (Å²) in [6.07, 6.45) is 5.08. The topological polar surface area (TPSA) is 69.2 Å². The molecule has 74 valence electrons. The lowest BCUT2D eigenvalue weighted by Gasteiger charge is -2.13. The maximum atomic E-state index is 10.1. The van der Waals surface area contributed by atoms with Gasteiger partial charge in [0, 0.05) is 12.4 Å². The largest absolute Gasteiger partial charge is 0.480 e. The van der Waals surface area contributed by atoms with Gasteiger partial charge in [-0.15, -0.1) is 0 Å². The zero-order chi connectivity index (χ0) is 10.3. The van der Waals surface area contributed by atoms with E-state index < -0.39 is 5.97 Å². The Morgan fingerprint density at radius 3 is 2.31 bits per heavy atom. The summed E-state index contributed by atoms with van der Waals surface area (Å²) in [6, 6.07) is -0.380. The molecule has 1 atom stereocenters. The molecule has 0 amide bonds. The number of imidazole rings is 1. The van der Waals surface area contributed by atoms with Gasteiger partial charge in [-0.05, 0) is 21.0 Å². The molecule has 0 spiro atoms. The lowest BCUT2D eigenvalue weighted by Crippen LogP contribution is -2.32. The number of nitrogens with one attached hydrogen (secondary N) is 1. The number of H-pyrrole nitrogens is 1. The van der Waals surface area contributed by atoms with Gasteiger partial charge in [-0.3, -0.25) is 9.69 Å². The fourth-order valence-corrected chi connectivity index (χ4v) is 0.436. The van der Waals surface area contributed by atoms with Gasteiger partial charge >= 0.3 is 5.97 Å². The fraction of sp³-hybridized carbons (Fsp3) is 0.500. The Kier molecular flexibility index (Phi) is 5.54. The van der Waals surface area contributed by atoms with Crippen molar-refractivity contribution in [1.82, 2.24) is 14.9 Å². The van der Waals surface area contributed by atoms with Crippen LogP contribution in [-0.2, 0) is 4.79 Å². The number of carbonyl (C=O) groups is 1. The van der Waals surface area contributed by atoms with Crippen LogP contribution in [-0.4, -0.2) is 46.1 Å². The first-order valence-electron chi connectivity index (χ1n) is 3.87. The van der Waals surface area contributed by atoms with E-state index in [0.717, 1.165) is 0 Å². The molecule has 1 rings (SSSR count). The lowest BCUT2D eigenvalue weighted by molar-refractivity contribution is -0.141. The minimum atomic E-state index is -0.782. The average Bonchev–Trinajstić information content (AvgIpc) is 2.59. The minimum absolute atomic E-state index is 0.380. The van der Waals surface area contributed by atoms with Crippen molar-refractivity contribution < 1.29 is 9.90 Å². The first-order valence-corrected chi connectivity index (χ1v) is 3.87. The Labute approximate surface area is 77.4 Å². The van der Waals surface area contributed by atoms with E-state index in [0.29, 0.717) is 0 Å². The van der Waals surface area contributed by atoms with Gasteiger partial charge < -0.3 is 10.1 Å². The summed E-state index contributed by atoms with van der Waals surface area (Å²) in [5.41, 5.74) is 0. The molecule has 0 radical (unpaired) electrons. The summed E-state index contributed by atoms with van der Waals surface area (Å²) in [6.45, 7) is 1.64. The van der Waals surface area contributed by atoms with Crippen LogP contribution < -0.4 is 0 Å². The summed E-state index contributed by atoms with van der Waals surface area (Å²) < 4.78 is 0. The van der Waals surface area contributed by atoms with Crippen molar-refractivity contribution in [2.24, 2.45) is 0 Å². The number of aromatic amines is 1. The van der Waals surface area contributed by atoms with E-state index in [2.05, 4.69) is 9.97 Å². The van der Waals surface area contributed by atoms with Gasteiger partial charge in [0.25, 0.3) is 0 Å². The van der Waals surface area contributed by atoms with Crippen molar-refractivity contribution in [3.05, 3.63) is 18.7 Å². The molecule has 1 aromatic heterocycles. The second-order valence-corrected chi connectivity index (χ2v) is 2.74. The van der Waals surface area contributed by atoms with Crippen molar-refractivity contribution in [1.29, 1.82) is 0 Å². The molecule has 0 aliphatic heterocycles. The number of aromatic nitrogens is 2. The average molecular weight is 185 g/mol. The molecule has 1 heterocycles. The van der Waals surface area contributed by atoms with Crippen LogP contribution in [0.25, 0.3) is 0 Å². The molecule has 0 saturated heterocycles. The van der Waals surface area contributed by atoms with Crippen LogP contribution in [0.15, 0.2) is 18.7 Å². The molecule has 0 fully saturated rings. The molecule has 2 N–H and O–H groups in total. The van der Waals surface area contributed by atoms with Crippen molar-refractivity contribution in [3.63, 3.8) is 0 Å². The van der Waals surface area contributed by atoms with Crippen molar-refractivity contribution in [2.75, 3.05) is 14.1 Å². The Balaban J connectivity index is 0.000000243. The zero-order valence-electron chi connectivity index (χ0n) is 8.06. The van der Waals surface area contributed by atoms with E-state index in [9.17, 15) is 4.79 Å². The SMILES string of the molecule is CC(C(=O)O)N(C)C.c1c[nH]cn1. The van der Waals surface area contributed by atoms with Gasteiger partial charge in [0.2, 0.25) is 0 Å². The van der Waals surface area contributed by atoms with Gasteiger partial charge in [-0.2, -0.15) is 0 Å². The van der Waals surface area contributed by atoms with Gasteiger partial charge in [-0.1, -0.05) is 0 Å². The zero-order valence-corrected chi connectivity index (χ0v) is 8.06. The molecule has 0 aromatic carbocycles. The second-order valence-electron chi connectivity index (χ2n) is 2.74. The van der Waals surface area contributed by atoms with Crippen LogP contribution in [0.1, 0.15) is 6.92 Å². The molecule has 0 saturated carbocycles. The number of likely N-dealkylation sites (N-methyl/N-ethyl adjacent to an activating group) is 1. The third-order valence-electron chi connectivity index (χ3n) is 1.54. The lowest BCUT2D eigenvalue weighted by atomic mass is 10.3. The maximum absolute atomic E-state index is 10.1. The highest BCUT2D eigenvalue weighted by Gasteiger charge is 2.11. The van der Waals surface area contributed by atoms with E-state index >= 15 is 0 Å². The Hall–Kier alpha value is -1.36. The monoisotopic (exact) mass is 185 g/mol. The maximum Gasteiger partial charge on any atom is 0.320 e. The van der Waals surface area contributed by atoms with E-state index in [-0.39, 0.29) is 6.04 Å². The predicted octanol–water partition coefficient (Wildman–Crippen LogP) is 0.431. The summed E-state index contributed by atoms with van der Waals surface area (Å²) in [5, 5.41) is 8.31. The van der Waals surface area contributed by atoms with E-state index in [4.69, 9.17) is 5.11 Å². The first-order chi connectivity index (χ1) is 6.05. The van der Waals surface area contributed by atoms with Gasteiger partial charge in [0.1, 0.15) is 6.04 Å². The molecule has 0 aliphatic rings. The highest BCUT2D eigenvalue weighted by atomic mass is 16.4. The normalized spacial score (nSPS) is 11.7. The van der Waals surface area contributed by atoms with E-state index in [1.807, 2.05) is 0 Å². The van der Waals surface area contributed by atoms with Gasteiger partial charge in [0.05, 0.1) is 6.33 Å². The third-order valence-corrected chi connectivity index (χ3v) is 1.54. The van der Waals surface area contributed by atoms with Crippen LogP contribution in [0.3, 0.4) is 0 Å². The van der Waals surface area contributed by atoms with Crippen molar-refractivity contribution >= 4 is 5.97 Å². The highest BCUT2D eigenvalue weighted by Crippen LogP contribution is 1.88. The number of rotatable bonds is 2. The molecule has 5 nitrogen and oxygen atoms in total. The fourth-order valence-electron chi connectivity index (χ4n) is 0.436. The smallest absolute Gasteiger partial charge is 0.320 e. The second kappa shape index (κ2) is 6.19. The molecule has 0 aliphatic carbocycles. The molecule has 13 heavy (non-hydrogen) atoms. The van der Waals surface area contributed by atoms with E-state index in [1.165, 1.54) is 0 Å². The number of nitrogens with zero attached hydrogens (tertiary/aromatic N) is 2. The van der Waals surface area contributed by atoms with Gasteiger partial charge in [-0.25, -0.2) is 4.98 Å². The summed E-state index contributed by atoms with van der Waals surface area (Å²) in [5.74, 6) is -0.782. The highest BCUT2D eigenvalue weighted by molar-refractivity contribution is 5.72. The molecular weight excluding hydrogens is 170 g/mol. The number of carboxylic acids is 1. The predicted molar refractivity (Wildman–Crippen MR) is 49.4 cm³/mol. The molecule has 0 bridgehead atoms. The number of hydrogen-bond acceptors (Lipinski definition) is 3. The van der Waals surface area contributed by atoms with Crippen molar-refractivity contribution in [2.45, 2.75) is 13.0 Å². The molecule has 5 heteroatoms. The van der Waals surface area contributed by atoms with Crippen LogP contribution >= 0.6 is 0 Å². The Bertz CT molecular complexity index is 204. The van der Waals surface area contributed by atoms with Crippen LogP contribution in [0.2, 0.25) is 0 Å². The van der Waals surface area contributed by atoms with Gasteiger partial charge in [0.15, 0.2) is 0 Å². The van der Waals surface area contributed by atoms with Crippen LogP contribution in [0.5, 0.6) is 0 Å². The summed E-state index contributed by atoms with van der Waals surface area (Å²) in [4.78, 5) is 18.2. The molecule has 1 aromatic rings. The Morgan fingerprint density at radius 2 is 2.23 bits per heavy atom.